The molecule has 7 nitrogen and oxygen atoms in total. The van der Waals surface area contributed by atoms with Crippen LogP contribution in [0.4, 0.5) is 0 Å². The number of aromatic nitrogens is 1. The Labute approximate surface area is 182 Å². The normalized spacial score (nSPS) is 21.6. The number of ketones is 1. The van der Waals surface area contributed by atoms with Gasteiger partial charge >= 0.3 is 0 Å². The lowest BCUT2D eigenvalue weighted by atomic mass is 9.96. The Morgan fingerprint density at radius 2 is 1.87 bits per heavy atom. The van der Waals surface area contributed by atoms with Crippen LogP contribution in [0.15, 0.2) is 54.4 Å². The van der Waals surface area contributed by atoms with E-state index < -0.39 is 17.7 Å². The van der Waals surface area contributed by atoms with Crippen LogP contribution in [0.3, 0.4) is 0 Å². The zero-order valence-corrected chi connectivity index (χ0v) is 17.7. The standard InChI is InChI=1S/C24H27N3O4/c1-17-5-7-18(8-6-17)22(28)20-21(19-4-2-9-25-16-19)27(24(30)23(20)29)11-3-10-26-12-14-31-15-13-26/h2,4-9,16,21,28H,3,10-15H2,1H3/b22-20+. The second kappa shape index (κ2) is 9.41. The summed E-state index contributed by atoms with van der Waals surface area (Å²) in [6.07, 6.45) is 4.02. The van der Waals surface area contributed by atoms with Gasteiger partial charge in [0.2, 0.25) is 0 Å². The fraction of sp³-hybridized carbons (Fsp3) is 0.375. The van der Waals surface area contributed by atoms with Crippen molar-refractivity contribution < 1.29 is 19.4 Å². The molecule has 2 aliphatic rings. The molecular formula is C24H27N3O4. The molecule has 0 bridgehead atoms. The van der Waals surface area contributed by atoms with Crippen LogP contribution in [0.25, 0.3) is 5.76 Å². The molecule has 1 N–H and O–H groups in total. The number of nitrogens with zero attached hydrogens (tertiary/aromatic N) is 3. The summed E-state index contributed by atoms with van der Waals surface area (Å²) in [6, 6.07) is 10.2. The number of morpholine rings is 1. The minimum Gasteiger partial charge on any atom is -0.507 e. The van der Waals surface area contributed by atoms with Gasteiger partial charge in [-0.05, 0) is 25.0 Å². The molecule has 4 rings (SSSR count). The number of aryl methyl sites for hydroxylation is 1. The lowest BCUT2D eigenvalue weighted by Gasteiger charge is -2.29. The van der Waals surface area contributed by atoms with Gasteiger partial charge in [-0.25, -0.2) is 0 Å². The van der Waals surface area contributed by atoms with E-state index in [0.29, 0.717) is 17.7 Å². The van der Waals surface area contributed by atoms with Crippen LogP contribution in [0.5, 0.6) is 0 Å². The van der Waals surface area contributed by atoms with E-state index in [1.165, 1.54) is 0 Å². The van der Waals surface area contributed by atoms with Crippen molar-refractivity contribution in [3.8, 4) is 0 Å². The second-order valence-electron chi connectivity index (χ2n) is 7.95. The second-order valence-corrected chi connectivity index (χ2v) is 7.95. The molecule has 1 amide bonds. The van der Waals surface area contributed by atoms with Crippen LogP contribution in [0.1, 0.15) is 29.2 Å². The minimum atomic E-state index is -0.654. The van der Waals surface area contributed by atoms with Gasteiger partial charge in [-0.1, -0.05) is 35.9 Å². The smallest absolute Gasteiger partial charge is 0.295 e. The maximum atomic E-state index is 13.0. The number of carbonyl (C=O) groups is 2. The molecule has 0 aliphatic carbocycles. The van der Waals surface area contributed by atoms with Gasteiger partial charge in [0.15, 0.2) is 0 Å². The first-order chi connectivity index (χ1) is 15.1. The highest BCUT2D eigenvalue weighted by molar-refractivity contribution is 6.46. The lowest BCUT2D eigenvalue weighted by molar-refractivity contribution is -0.140. The molecule has 1 aromatic heterocycles. The topological polar surface area (TPSA) is 83.0 Å². The summed E-state index contributed by atoms with van der Waals surface area (Å²) in [5.74, 6) is -1.38. The number of ether oxygens (including phenoxy) is 1. The van der Waals surface area contributed by atoms with E-state index >= 15 is 0 Å². The predicted molar refractivity (Wildman–Crippen MR) is 116 cm³/mol. The molecule has 162 valence electrons. The highest BCUT2D eigenvalue weighted by Gasteiger charge is 2.45. The van der Waals surface area contributed by atoms with E-state index in [9.17, 15) is 14.7 Å². The average molecular weight is 421 g/mol. The van der Waals surface area contributed by atoms with E-state index in [4.69, 9.17) is 4.74 Å². The molecule has 1 aromatic carbocycles. The number of amides is 1. The van der Waals surface area contributed by atoms with Gasteiger partial charge in [-0.3, -0.25) is 19.5 Å². The third-order valence-electron chi connectivity index (χ3n) is 5.84. The fourth-order valence-corrected chi connectivity index (χ4v) is 4.15. The van der Waals surface area contributed by atoms with Crippen LogP contribution in [-0.4, -0.2) is 71.0 Å². The molecule has 0 radical (unpaired) electrons. The number of benzene rings is 1. The third kappa shape index (κ3) is 4.52. The highest BCUT2D eigenvalue weighted by atomic mass is 16.5. The van der Waals surface area contributed by atoms with Gasteiger partial charge in [-0.15, -0.1) is 0 Å². The number of aliphatic hydroxyl groups excluding tert-OH is 1. The molecule has 0 spiro atoms. The van der Waals surface area contributed by atoms with Gasteiger partial charge in [-0.2, -0.15) is 0 Å². The minimum absolute atomic E-state index is 0.119. The molecule has 0 saturated carbocycles. The first-order valence-electron chi connectivity index (χ1n) is 10.6. The number of hydrogen-bond donors (Lipinski definition) is 1. The zero-order chi connectivity index (χ0) is 21.8. The third-order valence-corrected chi connectivity index (χ3v) is 5.84. The van der Waals surface area contributed by atoms with Crippen LogP contribution in [0, 0.1) is 6.92 Å². The fourth-order valence-electron chi connectivity index (χ4n) is 4.15. The summed E-state index contributed by atoms with van der Waals surface area (Å²) < 4.78 is 5.38. The first-order valence-corrected chi connectivity index (χ1v) is 10.6. The van der Waals surface area contributed by atoms with Crippen molar-refractivity contribution in [2.75, 3.05) is 39.4 Å². The summed E-state index contributed by atoms with van der Waals surface area (Å²) in [4.78, 5) is 34.0. The largest absolute Gasteiger partial charge is 0.507 e. The number of rotatable bonds is 6. The number of likely N-dealkylation sites (tertiary alicyclic amines) is 1. The molecule has 3 heterocycles. The van der Waals surface area contributed by atoms with E-state index in [1.807, 2.05) is 25.1 Å². The number of Topliss-reactive ketones (excluding diaryl/α,β-unsaturated/α-hetero) is 1. The van der Waals surface area contributed by atoms with E-state index in [1.54, 1.807) is 35.5 Å². The average Bonchev–Trinajstić information content (AvgIpc) is 3.05. The Bertz CT molecular complexity index is 966. The molecular weight excluding hydrogens is 394 g/mol. The van der Waals surface area contributed by atoms with Crippen molar-refractivity contribution in [1.82, 2.24) is 14.8 Å². The summed E-state index contributed by atoms with van der Waals surface area (Å²) in [6.45, 7) is 6.38. The molecule has 2 aliphatic heterocycles. The number of carbonyl (C=O) groups excluding carboxylic acids is 2. The Hall–Kier alpha value is -3.03. The molecule has 2 aromatic rings. The summed E-state index contributed by atoms with van der Waals surface area (Å²) in [5.41, 5.74) is 2.39. The molecule has 1 atom stereocenters. The Morgan fingerprint density at radius 3 is 2.55 bits per heavy atom. The van der Waals surface area contributed by atoms with Crippen LogP contribution in [-0.2, 0) is 14.3 Å². The Morgan fingerprint density at radius 1 is 1.13 bits per heavy atom. The van der Waals surface area contributed by atoms with Crippen molar-refractivity contribution in [2.24, 2.45) is 0 Å². The lowest BCUT2D eigenvalue weighted by Crippen LogP contribution is -2.39. The van der Waals surface area contributed by atoms with E-state index in [-0.39, 0.29) is 11.3 Å². The van der Waals surface area contributed by atoms with Gasteiger partial charge in [0.05, 0.1) is 24.8 Å². The number of aliphatic hydroxyl groups is 1. The maximum absolute atomic E-state index is 13.0. The molecule has 31 heavy (non-hydrogen) atoms. The highest BCUT2D eigenvalue weighted by Crippen LogP contribution is 2.39. The predicted octanol–water partition coefficient (Wildman–Crippen LogP) is 2.53. The van der Waals surface area contributed by atoms with Crippen LogP contribution >= 0.6 is 0 Å². The maximum Gasteiger partial charge on any atom is 0.295 e. The van der Waals surface area contributed by atoms with Crippen molar-refractivity contribution in [3.63, 3.8) is 0 Å². The van der Waals surface area contributed by atoms with E-state index in [2.05, 4.69) is 9.88 Å². The number of pyridine rings is 1. The van der Waals surface area contributed by atoms with Gasteiger partial charge < -0.3 is 14.7 Å². The van der Waals surface area contributed by atoms with Gasteiger partial charge in [0.1, 0.15) is 5.76 Å². The Kier molecular flexibility index (Phi) is 6.44. The van der Waals surface area contributed by atoms with Gasteiger partial charge in [0, 0.05) is 44.1 Å². The zero-order valence-electron chi connectivity index (χ0n) is 17.7. The van der Waals surface area contributed by atoms with Crippen molar-refractivity contribution in [2.45, 2.75) is 19.4 Å². The Balaban J connectivity index is 1.64. The first kappa shape index (κ1) is 21.2. The summed E-state index contributed by atoms with van der Waals surface area (Å²) in [7, 11) is 0. The van der Waals surface area contributed by atoms with Crippen LogP contribution in [0.2, 0.25) is 0 Å². The SMILES string of the molecule is Cc1ccc(/C(O)=C2\C(=O)C(=O)N(CCCN3CCOCC3)C2c2cccnc2)cc1. The molecule has 7 heteroatoms. The van der Waals surface area contributed by atoms with Gasteiger partial charge in [0.25, 0.3) is 11.7 Å². The monoisotopic (exact) mass is 421 g/mol. The quantitative estimate of drug-likeness (QED) is 0.439. The number of hydrogen-bond acceptors (Lipinski definition) is 6. The van der Waals surface area contributed by atoms with Crippen molar-refractivity contribution in [3.05, 3.63) is 71.1 Å². The van der Waals surface area contributed by atoms with Crippen LogP contribution < -0.4 is 0 Å². The molecule has 1 unspecified atom stereocenters. The molecule has 2 fully saturated rings. The summed E-state index contributed by atoms with van der Waals surface area (Å²) in [5, 5.41) is 11.0. The summed E-state index contributed by atoms with van der Waals surface area (Å²) >= 11 is 0. The van der Waals surface area contributed by atoms with Crippen molar-refractivity contribution in [1.29, 1.82) is 0 Å². The van der Waals surface area contributed by atoms with Crippen molar-refractivity contribution >= 4 is 17.4 Å². The molecule has 2 saturated heterocycles. The van der Waals surface area contributed by atoms with E-state index in [0.717, 1.165) is 44.8 Å².